The van der Waals surface area contributed by atoms with Crippen molar-refractivity contribution in [2.24, 2.45) is 0 Å². The van der Waals surface area contributed by atoms with Gasteiger partial charge in [-0.3, -0.25) is 9.59 Å². The molecule has 1 fully saturated rings. The Kier molecular flexibility index (Phi) is 6.46. The van der Waals surface area contributed by atoms with Crippen molar-refractivity contribution in [1.82, 2.24) is 20.4 Å². The molecule has 1 heterocycles. The number of nitrogens with one attached hydrogen (secondary N) is 2. The van der Waals surface area contributed by atoms with E-state index in [1.807, 2.05) is 29.8 Å². The summed E-state index contributed by atoms with van der Waals surface area (Å²) < 4.78 is 1.81. The molecule has 2 aromatic carbocycles. The second-order valence-electron chi connectivity index (χ2n) is 7.98. The van der Waals surface area contributed by atoms with E-state index in [1.165, 1.54) is 12.1 Å². The number of aryl methyl sites for hydroxylation is 1. The molecule has 32 heavy (non-hydrogen) atoms. The Balaban J connectivity index is 1.34. The number of amides is 2. The van der Waals surface area contributed by atoms with Crippen molar-refractivity contribution in [2.45, 2.75) is 32.1 Å². The number of rotatable bonds is 8. The Morgan fingerprint density at radius 2 is 1.88 bits per heavy atom. The lowest BCUT2D eigenvalue weighted by molar-refractivity contribution is 0.0951. The van der Waals surface area contributed by atoms with Crippen LogP contribution in [0.25, 0.3) is 5.69 Å². The molecule has 0 bridgehead atoms. The maximum atomic E-state index is 12.8. The zero-order valence-corrected chi connectivity index (χ0v) is 18.5. The lowest BCUT2D eigenvalue weighted by atomic mass is 10.1. The van der Waals surface area contributed by atoms with Gasteiger partial charge in [-0.2, -0.15) is 5.10 Å². The molecule has 7 nitrogen and oxygen atoms in total. The number of hydrogen-bond acceptors (Lipinski definition) is 4. The number of nitrogens with zero attached hydrogens (tertiary/aromatic N) is 2. The van der Waals surface area contributed by atoms with E-state index < -0.39 is 0 Å². The summed E-state index contributed by atoms with van der Waals surface area (Å²) in [6.45, 7) is 2.78. The van der Waals surface area contributed by atoms with Gasteiger partial charge >= 0.3 is 0 Å². The lowest BCUT2D eigenvalue weighted by Crippen LogP contribution is -2.30. The Hall–Kier alpha value is -3.32. The average Bonchev–Trinajstić information content (AvgIpc) is 3.52. The molecular weight excluding hydrogens is 428 g/mol. The van der Waals surface area contributed by atoms with Gasteiger partial charge in [0.2, 0.25) is 0 Å². The van der Waals surface area contributed by atoms with Gasteiger partial charge in [0.15, 0.2) is 0 Å². The zero-order valence-electron chi connectivity index (χ0n) is 17.8. The number of phenolic OH excluding ortho intramolecular Hbond substituents is 1. The molecule has 0 atom stereocenters. The molecule has 1 aliphatic rings. The first-order valence-electron chi connectivity index (χ1n) is 10.6. The van der Waals surface area contributed by atoms with Crippen molar-refractivity contribution in [1.29, 1.82) is 0 Å². The molecule has 3 N–H and O–H groups in total. The smallest absolute Gasteiger partial charge is 0.254 e. The summed E-state index contributed by atoms with van der Waals surface area (Å²) in [6.07, 6.45) is 4.26. The molecule has 1 saturated carbocycles. The number of halogens is 1. The maximum Gasteiger partial charge on any atom is 0.254 e. The normalized spacial score (nSPS) is 13.1. The molecule has 0 aliphatic heterocycles. The van der Waals surface area contributed by atoms with Gasteiger partial charge in [-0.1, -0.05) is 23.7 Å². The third kappa shape index (κ3) is 4.94. The molecule has 4 rings (SSSR count). The first kappa shape index (κ1) is 21.9. The minimum atomic E-state index is -0.263. The molecule has 8 heteroatoms. The Labute approximate surface area is 191 Å². The number of phenols is 1. The molecule has 3 aromatic rings. The molecule has 0 unspecified atom stereocenters. The maximum absolute atomic E-state index is 12.8. The number of hydrogen-bond donors (Lipinski definition) is 3. The van der Waals surface area contributed by atoms with Gasteiger partial charge in [-0.15, -0.1) is 0 Å². The molecule has 0 spiro atoms. The molecule has 0 saturated heterocycles. The van der Waals surface area contributed by atoms with E-state index in [1.54, 1.807) is 18.3 Å². The van der Waals surface area contributed by atoms with Gasteiger partial charge in [-0.25, -0.2) is 4.68 Å². The van der Waals surface area contributed by atoms with Crippen LogP contribution < -0.4 is 10.6 Å². The second kappa shape index (κ2) is 9.44. The van der Waals surface area contributed by atoms with Gasteiger partial charge < -0.3 is 15.7 Å². The van der Waals surface area contributed by atoms with Crippen LogP contribution >= 0.6 is 11.6 Å². The van der Waals surface area contributed by atoms with Crippen molar-refractivity contribution in [3.8, 4) is 11.4 Å². The lowest BCUT2D eigenvalue weighted by Gasteiger charge is -2.11. The van der Waals surface area contributed by atoms with Gasteiger partial charge in [0.25, 0.3) is 11.8 Å². The topological polar surface area (TPSA) is 96.3 Å². The fourth-order valence-corrected chi connectivity index (χ4v) is 3.71. The highest BCUT2D eigenvalue weighted by atomic mass is 35.5. The predicted octanol–water partition coefficient (Wildman–Crippen LogP) is 3.97. The van der Waals surface area contributed by atoms with Crippen molar-refractivity contribution >= 4 is 23.4 Å². The van der Waals surface area contributed by atoms with Crippen LogP contribution in [-0.2, 0) is 0 Å². The summed E-state index contributed by atoms with van der Waals surface area (Å²) in [5, 5.41) is 20.3. The number of aromatic nitrogens is 2. The number of carbonyl (C=O) groups is 2. The van der Waals surface area contributed by atoms with Crippen LogP contribution in [0, 0.1) is 6.92 Å². The van der Waals surface area contributed by atoms with Crippen molar-refractivity contribution in [3.63, 3.8) is 0 Å². The summed E-state index contributed by atoms with van der Waals surface area (Å²) in [6, 6.07) is 11.9. The quantitative estimate of drug-likeness (QED) is 0.450. The van der Waals surface area contributed by atoms with Gasteiger partial charge in [0.1, 0.15) is 5.75 Å². The largest absolute Gasteiger partial charge is 0.508 e. The average molecular weight is 453 g/mol. The van der Waals surface area contributed by atoms with Gasteiger partial charge in [-0.05, 0) is 62.1 Å². The third-order valence-electron chi connectivity index (χ3n) is 5.45. The Morgan fingerprint density at radius 1 is 1.12 bits per heavy atom. The van der Waals surface area contributed by atoms with E-state index in [0.29, 0.717) is 41.6 Å². The van der Waals surface area contributed by atoms with Crippen LogP contribution in [-0.4, -0.2) is 39.8 Å². The van der Waals surface area contributed by atoms with Crippen molar-refractivity contribution in [2.75, 3.05) is 13.1 Å². The molecule has 166 valence electrons. The van der Waals surface area contributed by atoms with E-state index in [-0.39, 0.29) is 17.6 Å². The minimum absolute atomic E-state index is 0.0461. The first-order chi connectivity index (χ1) is 15.4. The first-order valence-corrected chi connectivity index (χ1v) is 11.0. The highest BCUT2D eigenvalue weighted by Crippen LogP contribution is 2.42. The van der Waals surface area contributed by atoms with Gasteiger partial charge in [0.05, 0.1) is 23.1 Å². The van der Waals surface area contributed by atoms with Crippen LogP contribution in [0.15, 0.2) is 48.7 Å². The highest BCUT2D eigenvalue weighted by Gasteiger charge is 2.32. The standard InChI is InChI=1S/C24H25ClN4O3/c1-15-6-9-18(13-21(15)25)29-22(16-7-8-16)20(14-28-29)24(32)27-11-3-10-26-23(31)17-4-2-5-19(30)12-17/h2,4-6,9,12-14,16,30H,3,7-8,10-11H2,1H3,(H,26,31)(H,27,32). The van der Waals surface area contributed by atoms with E-state index in [9.17, 15) is 14.7 Å². The summed E-state index contributed by atoms with van der Waals surface area (Å²) >= 11 is 6.29. The molecule has 0 radical (unpaired) electrons. The Bertz CT molecular complexity index is 1150. The predicted molar refractivity (Wildman–Crippen MR) is 123 cm³/mol. The molecular formula is C24H25ClN4O3. The van der Waals surface area contributed by atoms with Crippen LogP contribution in [0.2, 0.25) is 5.02 Å². The zero-order chi connectivity index (χ0) is 22.7. The van der Waals surface area contributed by atoms with Crippen molar-refractivity contribution in [3.05, 3.63) is 76.1 Å². The SMILES string of the molecule is Cc1ccc(-n2ncc(C(=O)NCCCNC(=O)c3cccc(O)c3)c2C2CC2)cc1Cl. The van der Waals surface area contributed by atoms with E-state index in [0.717, 1.165) is 29.8 Å². The highest BCUT2D eigenvalue weighted by molar-refractivity contribution is 6.31. The summed E-state index contributed by atoms with van der Waals surface area (Å²) in [5.41, 5.74) is 3.72. The van der Waals surface area contributed by atoms with E-state index >= 15 is 0 Å². The van der Waals surface area contributed by atoms with E-state index in [4.69, 9.17) is 11.6 Å². The molecule has 2 amide bonds. The molecule has 1 aliphatic carbocycles. The second-order valence-corrected chi connectivity index (χ2v) is 8.39. The summed E-state index contributed by atoms with van der Waals surface area (Å²) in [7, 11) is 0. The van der Waals surface area contributed by atoms with E-state index in [2.05, 4.69) is 15.7 Å². The van der Waals surface area contributed by atoms with Crippen LogP contribution in [0.3, 0.4) is 0 Å². The molecule has 1 aromatic heterocycles. The van der Waals surface area contributed by atoms with Crippen molar-refractivity contribution < 1.29 is 14.7 Å². The van der Waals surface area contributed by atoms with Crippen LogP contribution in [0.4, 0.5) is 0 Å². The number of benzene rings is 2. The van der Waals surface area contributed by atoms with Gasteiger partial charge in [0, 0.05) is 29.6 Å². The summed E-state index contributed by atoms with van der Waals surface area (Å²) in [4.78, 5) is 24.9. The number of aromatic hydroxyl groups is 1. The minimum Gasteiger partial charge on any atom is -0.508 e. The fraction of sp³-hybridized carbons (Fsp3) is 0.292. The summed E-state index contributed by atoms with van der Waals surface area (Å²) in [5.74, 6) is -0.0679. The third-order valence-corrected chi connectivity index (χ3v) is 5.86. The fourth-order valence-electron chi connectivity index (χ4n) is 3.54. The monoisotopic (exact) mass is 452 g/mol. The van der Waals surface area contributed by atoms with Crippen LogP contribution in [0.5, 0.6) is 5.75 Å². The van der Waals surface area contributed by atoms with Crippen LogP contribution in [0.1, 0.15) is 57.2 Å². The number of carbonyl (C=O) groups excluding carboxylic acids is 2. The Morgan fingerprint density at radius 3 is 2.56 bits per heavy atom.